The molecule has 0 bridgehead atoms. The van der Waals surface area contributed by atoms with Crippen LogP contribution in [0.5, 0.6) is 0 Å². The van der Waals surface area contributed by atoms with Gasteiger partial charge in [0.05, 0.1) is 6.61 Å². The molecule has 19 heavy (non-hydrogen) atoms. The van der Waals surface area contributed by atoms with E-state index in [1.807, 2.05) is 6.07 Å². The van der Waals surface area contributed by atoms with E-state index in [4.69, 9.17) is 16.3 Å². The summed E-state index contributed by atoms with van der Waals surface area (Å²) in [6.07, 6.45) is 1.13. The maximum atomic E-state index is 5.86. The third kappa shape index (κ3) is 8.25. The van der Waals surface area contributed by atoms with Crippen LogP contribution in [-0.4, -0.2) is 37.1 Å². The van der Waals surface area contributed by atoms with E-state index < -0.39 is 0 Å². The molecule has 0 aromatic heterocycles. The third-order valence-electron chi connectivity index (χ3n) is 3.04. The molecule has 1 aromatic carbocycles. The Bertz CT molecular complexity index is 316. The summed E-state index contributed by atoms with van der Waals surface area (Å²) in [7, 11) is 0. The Kier molecular flexibility index (Phi) is 8.89. The van der Waals surface area contributed by atoms with Gasteiger partial charge in [-0.2, -0.15) is 0 Å². The number of ether oxygens (including phenoxy) is 1. The van der Waals surface area contributed by atoms with Crippen molar-refractivity contribution in [3.8, 4) is 0 Å². The highest BCUT2D eigenvalue weighted by Gasteiger charge is 2.05. The fourth-order valence-corrected chi connectivity index (χ4v) is 2.08. The first kappa shape index (κ1) is 16.5. The summed E-state index contributed by atoms with van der Waals surface area (Å²) in [5.74, 6) is 1.38. The zero-order chi connectivity index (χ0) is 13.9. The molecule has 0 spiro atoms. The van der Waals surface area contributed by atoms with E-state index in [0.717, 1.165) is 39.3 Å². The first-order chi connectivity index (χ1) is 9.22. The maximum absolute atomic E-state index is 5.86. The van der Waals surface area contributed by atoms with E-state index in [2.05, 4.69) is 43.0 Å². The fourth-order valence-electron chi connectivity index (χ4n) is 1.85. The normalized spacial score (nSPS) is 11.4. The molecule has 0 aliphatic heterocycles. The summed E-state index contributed by atoms with van der Waals surface area (Å²) in [5.41, 5.74) is 1.33. The molecule has 0 N–H and O–H groups in total. The molecule has 1 aromatic rings. The Morgan fingerprint density at radius 2 is 1.84 bits per heavy atom. The Morgan fingerprint density at radius 1 is 1.11 bits per heavy atom. The lowest BCUT2D eigenvalue weighted by molar-refractivity contribution is 0.0957. The van der Waals surface area contributed by atoms with Crippen molar-refractivity contribution in [1.29, 1.82) is 0 Å². The quantitative estimate of drug-likeness (QED) is 0.478. The highest BCUT2D eigenvalue weighted by Crippen LogP contribution is 2.05. The number of alkyl halides is 1. The molecule has 108 valence electrons. The van der Waals surface area contributed by atoms with Gasteiger partial charge in [-0.05, 0) is 17.9 Å². The molecule has 0 unspecified atom stereocenters. The Balaban J connectivity index is 2.24. The molecule has 2 nitrogen and oxygen atoms in total. The fraction of sp³-hybridized carbons (Fsp3) is 0.625. The first-order valence-electron chi connectivity index (χ1n) is 7.12. The van der Waals surface area contributed by atoms with E-state index in [1.165, 1.54) is 5.56 Å². The van der Waals surface area contributed by atoms with Crippen LogP contribution in [0.3, 0.4) is 0 Å². The summed E-state index contributed by atoms with van der Waals surface area (Å²) >= 11 is 5.86. The predicted octanol–water partition coefficient (Wildman–Crippen LogP) is 3.79. The smallest absolute Gasteiger partial charge is 0.0593 e. The summed E-state index contributed by atoms with van der Waals surface area (Å²) in [6, 6.07) is 10.5. The lowest BCUT2D eigenvalue weighted by Crippen LogP contribution is -2.29. The van der Waals surface area contributed by atoms with Gasteiger partial charge in [-0.15, -0.1) is 11.6 Å². The molecule has 0 saturated heterocycles. The van der Waals surface area contributed by atoms with Crippen molar-refractivity contribution >= 4 is 11.6 Å². The minimum atomic E-state index is 0.666. The number of benzene rings is 1. The third-order valence-corrected chi connectivity index (χ3v) is 3.21. The van der Waals surface area contributed by atoms with Crippen LogP contribution in [-0.2, 0) is 11.3 Å². The van der Waals surface area contributed by atoms with Crippen LogP contribution in [0.1, 0.15) is 25.8 Å². The van der Waals surface area contributed by atoms with Crippen molar-refractivity contribution in [2.75, 3.05) is 32.2 Å². The van der Waals surface area contributed by atoms with Crippen LogP contribution in [0, 0.1) is 5.92 Å². The number of nitrogens with zero attached hydrogens (tertiary/aromatic N) is 1. The molecular weight excluding hydrogens is 258 g/mol. The largest absolute Gasteiger partial charge is 0.380 e. The average Bonchev–Trinajstić information content (AvgIpc) is 2.39. The minimum absolute atomic E-state index is 0.666. The van der Waals surface area contributed by atoms with Crippen molar-refractivity contribution < 1.29 is 4.74 Å². The molecule has 0 saturated carbocycles. The zero-order valence-electron chi connectivity index (χ0n) is 12.1. The van der Waals surface area contributed by atoms with Crippen LogP contribution < -0.4 is 0 Å². The van der Waals surface area contributed by atoms with E-state index >= 15 is 0 Å². The molecule has 0 aliphatic rings. The molecule has 0 radical (unpaired) electrons. The van der Waals surface area contributed by atoms with Gasteiger partial charge in [-0.3, -0.25) is 4.90 Å². The van der Waals surface area contributed by atoms with Gasteiger partial charge in [0.15, 0.2) is 0 Å². The van der Waals surface area contributed by atoms with Gasteiger partial charge in [0.25, 0.3) is 0 Å². The predicted molar refractivity (Wildman–Crippen MR) is 82.7 cm³/mol. The van der Waals surface area contributed by atoms with Crippen LogP contribution >= 0.6 is 11.6 Å². The van der Waals surface area contributed by atoms with Gasteiger partial charge in [0.2, 0.25) is 0 Å². The molecule has 0 amide bonds. The van der Waals surface area contributed by atoms with Gasteiger partial charge in [-0.25, -0.2) is 0 Å². The second kappa shape index (κ2) is 10.2. The second-order valence-corrected chi connectivity index (χ2v) is 5.62. The van der Waals surface area contributed by atoms with Crippen molar-refractivity contribution in [1.82, 2.24) is 4.90 Å². The minimum Gasteiger partial charge on any atom is -0.380 e. The van der Waals surface area contributed by atoms with Crippen LogP contribution in [0.2, 0.25) is 0 Å². The maximum Gasteiger partial charge on any atom is 0.0593 e. The van der Waals surface area contributed by atoms with Crippen molar-refractivity contribution in [2.24, 2.45) is 5.92 Å². The van der Waals surface area contributed by atoms with Gasteiger partial charge in [0, 0.05) is 32.1 Å². The first-order valence-corrected chi connectivity index (χ1v) is 7.66. The van der Waals surface area contributed by atoms with Crippen LogP contribution in [0.15, 0.2) is 30.3 Å². The summed E-state index contributed by atoms with van der Waals surface area (Å²) in [5, 5.41) is 0. The van der Waals surface area contributed by atoms with E-state index in [0.29, 0.717) is 11.8 Å². The van der Waals surface area contributed by atoms with E-state index in [-0.39, 0.29) is 0 Å². The number of hydrogen-bond donors (Lipinski definition) is 0. The van der Waals surface area contributed by atoms with Crippen LogP contribution in [0.4, 0.5) is 0 Å². The second-order valence-electron chi connectivity index (χ2n) is 5.25. The highest BCUT2D eigenvalue weighted by molar-refractivity contribution is 6.18. The van der Waals surface area contributed by atoms with Gasteiger partial charge < -0.3 is 4.74 Å². The Labute approximate surface area is 122 Å². The SMILES string of the molecule is CC(C)CCOCCN(CCCl)Cc1ccccc1. The molecule has 0 fully saturated rings. The average molecular weight is 284 g/mol. The molecule has 3 heteroatoms. The molecule has 0 aliphatic carbocycles. The van der Waals surface area contributed by atoms with Gasteiger partial charge in [0.1, 0.15) is 0 Å². The Morgan fingerprint density at radius 3 is 2.47 bits per heavy atom. The molecule has 0 heterocycles. The lowest BCUT2D eigenvalue weighted by Gasteiger charge is -2.21. The van der Waals surface area contributed by atoms with E-state index in [9.17, 15) is 0 Å². The standard InChI is InChI=1S/C16H26ClNO/c1-15(2)8-12-19-13-11-18(10-9-17)14-16-6-4-3-5-7-16/h3-7,15H,8-14H2,1-2H3. The van der Waals surface area contributed by atoms with E-state index in [1.54, 1.807) is 0 Å². The molecular formula is C16H26ClNO. The summed E-state index contributed by atoms with van der Waals surface area (Å²) < 4.78 is 5.67. The van der Waals surface area contributed by atoms with Gasteiger partial charge in [-0.1, -0.05) is 44.2 Å². The van der Waals surface area contributed by atoms with Crippen molar-refractivity contribution in [3.63, 3.8) is 0 Å². The summed E-state index contributed by atoms with van der Waals surface area (Å²) in [4.78, 5) is 2.34. The number of rotatable bonds is 10. The molecule has 0 atom stereocenters. The van der Waals surface area contributed by atoms with Gasteiger partial charge >= 0.3 is 0 Å². The number of halogens is 1. The van der Waals surface area contributed by atoms with Crippen molar-refractivity contribution in [2.45, 2.75) is 26.8 Å². The Hall–Kier alpha value is -0.570. The topological polar surface area (TPSA) is 12.5 Å². The highest BCUT2D eigenvalue weighted by atomic mass is 35.5. The zero-order valence-corrected chi connectivity index (χ0v) is 12.9. The summed E-state index contributed by atoms with van der Waals surface area (Å²) in [6.45, 7) is 8.89. The lowest BCUT2D eigenvalue weighted by atomic mass is 10.1. The monoisotopic (exact) mass is 283 g/mol. The van der Waals surface area contributed by atoms with Crippen LogP contribution in [0.25, 0.3) is 0 Å². The van der Waals surface area contributed by atoms with Crippen molar-refractivity contribution in [3.05, 3.63) is 35.9 Å². The number of hydrogen-bond acceptors (Lipinski definition) is 2. The molecule has 1 rings (SSSR count).